The molecular formula is C45H47NO12. The van der Waals surface area contributed by atoms with E-state index in [1.54, 1.807) is 107 Å². The van der Waals surface area contributed by atoms with Crippen LogP contribution in [0.4, 0.5) is 0 Å². The van der Waals surface area contributed by atoms with Crippen molar-refractivity contribution in [1.29, 1.82) is 0 Å². The van der Waals surface area contributed by atoms with Gasteiger partial charge < -0.3 is 39.6 Å². The van der Waals surface area contributed by atoms with E-state index in [1.807, 2.05) is 0 Å². The highest BCUT2D eigenvalue weighted by molar-refractivity contribution is 5.95. The zero-order valence-corrected chi connectivity index (χ0v) is 32.8. The van der Waals surface area contributed by atoms with Gasteiger partial charge in [0.05, 0.1) is 41.1 Å². The molecule has 3 saturated carbocycles. The molecule has 1 amide bonds. The maximum absolute atomic E-state index is 15.1. The van der Waals surface area contributed by atoms with Crippen molar-refractivity contribution in [3.63, 3.8) is 0 Å². The number of ketones is 1. The van der Waals surface area contributed by atoms with Gasteiger partial charge in [-0.2, -0.15) is 0 Å². The van der Waals surface area contributed by atoms with Crippen molar-refractivity contribution >= 4 is 29.6 Å². The van der Waals surface area contributed by atoms with E-state index in [0.29, 0.717) is 22.3 Å². The minimum atomic E-state index is -2.09. The van der Waals surface area contributed by atoms with E-state index >= 15 is 4.79 Å². The van der Waals surface area contributed by atoms with Crippen molar-refractivity contribution in [1.82, 2.24) is 5.32 Å². The summed E-state index contributed by atoms with van der Waals surface area (Å²) in [6.07, 6.45) is -6.22. The van der Waals surface area contributed by atoms with Crippen LogP contribution in [0.15, 0.2) is 102 Å². The molecule has 4 N–H and O–H groups in total. The lowest BCUT2D eigenvalue weighted by molar-refractivity contribution is -0.375. The third-order valence-electron chi connectivity index (χ3n) is 14.1. The van der Waals surface area contributed by atoms with Crippen molar-refractivity contribution in [3.05, 3.63) is 119 Å². The molecule has 4 fully saturated rings. The van der Waals surface area contributed by atoms with Crippen LogP contribution in [0, 0.1) is 22.7 Å². The first kappa shape index (κ1) is 39.6. The topological polar surface area (TPSA) is 195 Å². The molecule has 13 heteroatoms. The summed E-state index contributed by atoms with van der Waals surface area (Å²) in [5.41, 5.74) is -6.87. The molecule has 13 nitrogen and oxygen atoms in total. The third kappa shape index (κ3) is 5.26. The minimum absolute atomic E-state index is 0.0609. The van der Waals surface area contributed by atoms with Crippen LogP contribution < -0.4 is 5.32 Å². The number of carbonyl (C=O) groups is 5. The molecule has 3 aromatic rings. The molecule has 304 valence electrons. The second-order valence-electron chi connectivity index (χ2n) is 16.8. The fourth-order valence-corrected chi connectivity index (χ4v) is 11.2. The summed E-state index contributed by atoms with van der Waals surface area (Å²) in [5.74, 6) is -5.92. The van der Waals surface area contributed by atoms with Gasteiger partial charge in [0.15, 0.2) is 11.7 Å². The van der Waals surface area contributed by atoms with Crippen LogP contribution in [0.5, 0.6) is 0 Å². The standard InChI is InChI=1S/C45H47NO12/c1-24-32-25(2)45(58-40(53)34(49)33(27-15-9-6-10-16-27)46-38(51)28-17-11-7-12-18-28)22-44(54,42(32,45)5)37(56-39(52)29-19-13-8-14-20-29)35-41(4,36(24)50)30(48)21-31-43(35,23-55-31)57-26(3)47/h6-20,24,30-31,33-35,37,48-49,54H,21-23H2,1-5H3,(H,46,51)/t24-,30+,31-,33?,34?,35?,37?,41-,42+,43+,44-,45?/m1/s1. The molecule has 5 unspecified atom stereocenters. The molecular weight excluding hydrogens is 746 g/mol. The highest BCUT2D eigenvalue weighted by Crippen LogP contribution is 2.78. The fraction of sp³-hybridized carbons (Fsp3) is 0.444. The fourth-order valence-electron chi connectivity index (χ4n) is 11.2. The highest BCUT2D eigenvalue weighted by Gasteiger charge is 2.89. The normalized spacial score (nSPS) is 36.6. The Balaban J connectivity index is 1.22. The van der Waals surface area contributed by atoms with E-state index in [1.165, 1.54) is 19.1 Å². The molecule has 4 aliphatic carbocycles. The lowest BCUT2D eigenvalue weighted by atomic mass is 9.30. The number of hydrogen-bond acceptors (Lipinski definition) is 12. The number of hydrogen-bond donors (Lipinski definition) is 4. The number of esters is 3. The third-order valence-corrected chi connectivity index (χ3v) is 14.1. The van der Waals surface area contributed by atoms with Crippen molar-refractivity contribution in [3.8, 4) is 0 Å². The van der Waals surface area contributed by atoms with Gasteiger partial charge in [-0.25, -0.2) is 9.59 Å². The lowest BCUT2D eigenvalue weighted by Gasteiger charge is -2.78. The molecule has 0 bridgehead atoms. The molecule has 0 radical (unpaired) electrons. The Labute approximate surface area is 335 Å². The predicted octanol–water partition coefficient (Wildman–Crippen LogP) is 3.80. The quantitative estimate of drug-likeness (QED) is 0.139. The Kier molecular flexibility index (Phi) is 9.35. The van der Waals surface area contributed by atoms with Gasteiger partial charge in [-0.1, -0.05) is 73.7 Å². The summed E-state index contributed by atoms with van der Waals surface area (Å²) < 4.78 is 24.6. The monoisotopic (exact) mass is 793 g/mol. The molecule has 0 spiro atoms. The summed E-state index contributed by atoms with van der Waals surface area (Å²) in [4.78, 5) is 69.7. The number of nitrogens with one attached hydrogen (secondary N) is 1. The second-order valence-corrected chi connectivity index (χ2v) is 16.8. The molecule has 12 atom stereocenters. The molecule has 1 heterocycles. The smallest absolute Gasteiger partial charge is 0.338 e. The van der Waals surface area contributed by atoms with E-state index in [-0.39, 0.29) is 25.0 Å². The largest absolute Gasteiger partial charge is 0.455 e. The maximum Gasteiger partial charge on any atom is 0.338 e. The first-order chi connectivity index (χ1) is 27.5. The van der Waals surface area contributed by atoms with Crippen LogP contribution in [0.2, 0.25) is 0 Å². The van der Waals surface area contributed by atoms with E-state index in [0.717, 1.165) is 0 Å². The summed E-state index contributed by atoms with van der Waals surface area (Å²) in [6.45, 7) is 7.55. The van der Waals surface area contributed by atoms with Gasteiger partial charge in [0.2, 0.25) is 0 Å². The Morgan fingerprint density at radius 2 is 1.48 bits per heavy atom. The predicted molar refractivity (Wildman–Crippen MR) is 205 cm³/mol. The molecule has 3 aromatic carbocycles. The van der Waals surface area contributed by atoms with Crippen LogP contribution in [0.25, 0.3) is 0 Å². The Morgan fingerprint density at radius 3 is 2.05 bits per heavy atom. The first-order valence-electron chi connectivity index (χ1n) is 19.5. The number of aliphatic hydroxyl groups is 3. The summed E-state index contributed by atoms with van der Waals surface area (Å²) in [5, 5.41) is 39.8. The molecule has 58 heavy (non-hydrogen) atoms. The zero-order chi connectivity index (χ0) is 41.6. The van der Waals surface area contributed by atoms with Crippen LogP contribution in [0.3, 0.4) is 0 Å². The van der Waals surface area contributed by atoms with Gasteiger partial charge in [-0.05, 0) is 61.7 Å². The molecule has 8 rings (SSSR count). The maximum atomic E-state index is 15.1. The van der Waals surface area contributed by atoms with Crippen molar-refractivity contribution in [2.45, 2.75) is 94.7 Å². The first-order valence-corrected chi connectivity index (χ1v) is 19.5. The number of rotatable bonds is 9. The molecule has 1 aliphatic heterocycles. The minimum Gasteiger partial charge on any atom is -0.455 e. The molecule has 0 aromatic heterocycles. The number of benzene rings is 3. The SMILES string of the molecule is CC(=O)O[C@@]12CO[C@@H]1C[C@H](O)[C@@]1(C)C(=O)[C@H](C)C3=C(C)C4(OC(=O)C(O)C(NC(=O)c5ccccc5)c5ccccc5)C[C@@](O)(C(OC(=O)c5ccccc5)C12)[C@]34C. The van der Waals surface area contributed by atoms with Crippen molar-refractivity contribution in [2.24, 2.45) is 22.7 Å². The Hall–Kier alpha value is -5.21. The number of Topliss-reactive ketones (excluding diaryl/α,β-unsaturated/α-hetero) is 1. The van der Waals surface area contributed by atoms with Crippen LogP contribution >= 0.6 is 0 Å². The Bertz CT molecular complexity index is 2210. The number of amides is 1. The van der Waals surface area contributed by atoms with Gasteiger partial charge in [-0.15, -0.1) is 0 Å². The van der Waals surface area contributed by atoms with Gasteiger partial charge in [0, 0.05) is 31.2 Å². The number of ether oxygens (including phenoxy) is 4. The number of fused-ring (bicyclic) bond motifs is 3. The average molecular weight is 794 g/mol. The number of carbonyl (C=O) groups excluding carboxylic acids is 5. The zero-order valence-electron chi connectivity index (χ0n) is 32.8. The lowest BCUT2D eigenvalue weighted by Crippen LogP contribution is -2.89. The van der Waals surface area contributed by atoms with E-state index < -0.39 is 99.5 Å². The van der Waals surface area contributed by atoms with Crippen molar-refractivity contribution < 1.29 is 58.2 Å². The average Bonchev–Trinajstić information content (AvgIpc) is 3.22. The van der Waals surface area contributed by atoms with Gasteiger partial charge in [-0.3, -0.25) is 14.4 Å². The second kappa shape index (κ2) is 13.7. The number of aliphatic hydroxyl groups excluding tert-OH is 2. The van der Waals surface area contributed by atoms with Gasteiger partial charge in [0.1, 0.15) is 29.2 Å². The van der Waals surface area contributed by atoms with E-state index in [2.05, 4.69) is 5.32 Å². The van der Waals surface area contributed by atoms with Crippen LogP contribution in [-0.4, -0.2) is 92.7 Å². The van der Waals surface area contributed by atoms with E-state index in [4.69, 9.17) is 18.9 Å². The summed E-state index contributed by atoms with van der Waals surface area (Å²) in [6, 6.07) is 23.6. The highest BCUT2D eigenvalue weighted by atomic mass is 16.6. The van der Waals surface area contributed by atoms with Gasteiger partial charge in [0.25, 0.3) is 5.91 Å². The van der Waals surface area contributed by atoms with Crippen LogP contribution in [-0.2, 0) is 33.3 Å². The van der Waals surface area contributed by atoms with Crippen LogP contribution in [0.1, 0.15) is 79.8 Å². The van der Waals surface area contributed by atoms with E-state index in [9.17, 15) is 34.5 Å². The Morgan fingerprint density at radius 1 is 0.897 bits per heavy atom. The van der Waals surface area contributed by atoms with Gasteiger partial charge >= 0.3 is 17.9 Å². The molecule has 5 aliphatic rings. The van der Waals surface area contributed by atoms with Crippen molar-refractivity contribution in [2.75, 3.05) is 6.61 Å². The molecule has 1 saturated heterocycles. The summed E-state index contributed by atoms with van der Waals surface area (Å²) >= 11 is 0. The summed E-state index contributed by atoms with van der Waals surface area (Å²) in [7, 11) is 0.